The molecule has 16 heavy (non-hydrogen) atoms. The summed E-state index contributed by atoms with van der Waals surface area (Å²) >= 11 is 0. The van der Waals surface area contributed by atoms with Crippen LogP contribution in [0.4, 0.5) is 0 Å². The number of ether oxygens (including phenoxy) is 2. The molecule has 4 heteroatoms. The van der Waals surface area contributed by atoms with Gasteiger partial charge >= 0.3 is 0 Å². The SMILES string of the molecule is C1CCN2[C@H](C1)COC[C@@]21CNCCOC1. The summed E-state index contributed by atoms with van der Waals surface area (Å²) < 4.78 is 11.6. The monoisotopic (exact) mass is 226 g/mol. The minimum Gasteiger partial charge on any atom is -0.378 e. The van der Waals surface area contributed by atoms with Crippen molar-refractivity contribution in [1.29, 1.82) is 0 Å². The van der Waals surface area contributed by atoms with Crippen LogP contribution in [0.2, 0.25) is 0 Å². The number of morpholine rings is 1. The van der Waals surface area contributed by atoms with E-state index in [1.54, 1.807) is 0 Å². The van der Waals surface area contributed by atoms with E-state index in [1.165, 1.54) is 25.8 Å². The van der Waals surface area contributed by atoms with Gasteiger partial charge in [-0.1, -0.05) is 6.42 Å². The molecule has 0 saturated carbocycles. The van der Waals surface area contributed by atoms with E-state index in [2.05, 4.69) is 10.2 Å². The van der Waals surface area contributed by atoms with Crippen LogP contribution in [0.15, 0.2) is 0 Å². The maximum atomic E-state index is 5.83. The van der Waals surface area contributed by atoms with Gasteiger partial charge in [-0.15, -0.1) is 0 Å². The summed E-state index contributed by atoms with van der Waals surface area (Å²) in [5.74, 6) is 0. The van der Waals surface area contributed by atoms with Gasteiger partial charge in [0, 0.05) is 19.1 Å². The summed E-state index contributed by atoms with van der Waals surface area (Å²) in [5, 5.41) is 3.49. The van der Waals surface area contributed by atoms with Crippen LogP contribution in [0.3, 0.4) is 0 Å². The predicted molar refractivity (Wildman–Crippen MR) is 61.6 cm³/mol. The average molecular weight is 226 g/mol. The van der Waals surface area contributed by atoms with Crippen LogP contribution in [-0.4, -0.2) is 62.5 Å². The minimum absolute atomic E-state index is 0.111. The van der Waals surface area contributed by atoms with Gasteiger partial charge in [-0.05, 0) is 19.4 Å². The van der Waals surface area contributed by atoms with E-state index < -0.39 is 0 Å². The Balaban J connectivity index is 1.79. The Bertz CT molecular complexity index is 237. The van der Waals surface area contributed by atoms with Crippen LogP contribution in [0.5, 0.6) is 0 Å². The van der Waals surface area contributed by atoms with Crippen molar-refractivity contribution in [3.8, 4) is 0 Å². The molecule has 0 aromatic rings. The third kappa shape index (κ3) is 1.88. The number of hydrogen-bond acceptors (Lipinski definition) is 4. The summed E-state index contributed by atoms with van der Waals surface area (Å²) in [6.45, 7) is 6.62. The molecule has 3 heterocycles. The Morgan fingerprint density at radius 3 is 3.12 bits per heavy atom. The molecule has 92 valence electrons. The second-order valence-electron chi connectivity index (χ2n) is 5.31. The number of hydrogen-bond donors (Lipinski definition) is 1. The van der Waals surface area contributed by atoms with Crippen molar-refractivity contribution >= 4 is 0 Å². The first-order chi connectivity index (χ1) is 7.91. The van der Waals surface area contributed by atoms with E-state index in [1.807, 2.05) is 0 Å². The first kappa shape index (κ1) is 11.0. The molecule has 0 unspecified atom stereocenters. The van der Waals surface area contributed by atoms with E-state index in [0.717, 1.165) is 39.5 Å². The molecule has 0 aromatic heterocycles. The summed E-state index contributed by atoms with van der Waals surface area (Å²) in [4.78, 5) is 2.66. The smallest absolute Gasteiger partial charge is 0.0807 e. The predicted octanol–water partition coefficient (Wildman–Crippen LogP) is 0.230. The summed E-state index contributed by atoms with van der Waals surface area (Å²) in [6, 6.07) is 0.631. The summed E-state index contributed by atoms with van der Waals surface area (Å²) in [5.41, 5.74) is 0.111. The van der Waals surface area contributed by atoms with Crippen molar-refractivity contribution < 1.29 is 9.47 Å². The second-order valence-corrected chi connectivity index (χ2v) is 5.31. The van der Waals surface area contributed by atoms with Gasteiger partial charge in [0.15, 0.2) is 0 Å². The minimum atomic E-state index is 0.111. The normalized spacial score (nSPS) is 41.6. The van der Waals surface area contributed by atoms with E-state index >= 15 is 0 Å². The molecule has 3 aliphatic heterocycles. The Kier molecular flexibility index (Phi) is 3.16. The zero-order chi connectivity index (χ0) is 10.8. The third-order valence-electron chi connectivity index (χ3n) is 4.17. The van der Waals surface area contributed by atoms with Crippen molar-refractivity contribution in [3.05, 3.63) is 0 Å². The number of piperidine rings is 1. The fourth-order valence-electron chi connectivity index (χ4n) is 3.32. The summed E-state index contributed by atoms with van der Waals surface area (Å²) in [7, 11) is 0. The van der Waals surface area contributed by atoms with Crippen LogP contribution >= 0.6 is 0 Å². The van der Waals surface area contributed by atoms with Crippen molar-refractivity contribution in [1.82, 2.24) is 10.2 Å². The molecule has 0 amide bonds. The molecule has 4 nitrogen and oxygen atoms in total. The molecule has 0 aliphatic carbocycles. The van der Waals surface area contributed by atoms with Gasteiger partial charge in [0.25, 0.3) is 0 Å². The molecule has 1 N–H and O–H groups in total. The van der Waals surface area contributed by atoms with Crippen molar-refractivity contribution in [3.63, 3.8) is 0 Å². The van der Waals surface area contributed by atoms with Crippen LogP contribution < -0.4 is 5.32 Å². The van der Waals surface area contributed by atoms with Crippen molar-refractivity contribution in [2.24, 2.45) is 0 Å². The topological polar surface area (TPSA) is 33.7 Å². The third-order valence-corrected chi connectivity index (χ3v) is 4.17. The lowest BCUT2D eigenvalue weighted by Gasteiger charge is -2.52. The highest BCUT2D eigenvalue weighted by atomic mass is 16.5. The van der Waals surface area contributed by atoms with Crippen LogP contribution in [0, 0.1) is 0 Å². The molecular formula is C12H22N2O2. The molecule has 3 fully saturated rings. The molecule has 3 aliphatic rings. The number of rotatable bonds is 0. The van der Waals surface area contributed by atoms with Crippen molar-refractivity contribution in [2.45, 2.75) is 30.8 Å². The Labute approximate surface area is 97.3 Å². The van der Waals surface area contributed by atoms with Gasteiger partial charge in [0.1, 0.15) is 0 Å². The van der Waals surface area contributed by atoms with Crippen LogP contribution in [0.25, 0.3) is 0 Å². The van der Waals surface area contributed by atoms with Gasteiger partial charge < -0.3 is 14.8 Å². The lowest BCUT2D eigenvalue weighted by atomic mass is 9.89. The molecule has 3 rings (SSSR count). The molecule has 1 spiro atoms. The van der Waals surface area contributed by atoms with E-state index in [4.69, 9.17) is 9.47 Å². The maximum Gasteiger partial charge on any atom is 0.0807 e. The zero-order valence-corrected chi connectivity index (χ0v) is 9.91. The molecule has 0 aromatic carbocycles. The number of fused-ring (bicyclic) bond motifs is 2. The lowest BCUT2D eigenvalue weighted by Crippen LogP contribution is -2.67. The fraction of sp³-hybridized carbons (Fsp3) is 1.00. The van der Waals surface area contributed by atoms with E-state index in [-0.39, 0.29) is 5.54 Å². The Hall–Kier alpha value is -0.160. The average Bonchev–Trinajstić information content (AvgIpc) is 2.57. The Morgan fingerprint density at radius 2 is 2.12 bits per heavy atom. The largest absolute Gasteiger partial charge is 0.378 e. The first-order valence-corrected chi connectivity index (χ1v) is 6.54. The highest BCUT2D eigenvalue weighted by Gasteiger charge is 2.45. The molecule has 3 saturated heterocycles. The molecule has 0 bridgehead atoms. The maximum absolute atomic E-state index is 5.83. The van der Waals surface area contributed by atoms with E-state index in [0.29, 0.717) is 6.04 Å². The standard InChI is InChI=1S/C12H22N2O2/c1-2-5-14-11(3-1)7-16-10-12(14)8-13-4-6-15-9-12/h11,13H,1-10H2/t11-,12+/m1/s1. The zero-order valence-electron chi connectivity index (χ0n) is 9.91. The van der Waals surface area contributed by atoms with Crippen LogP contribution in [-0.2, 0) is 9.47 Å². The number of nitrogens with one attached hydrogen (secondary N) is 1. The van der Waals surface area contributed by atoms with Crippen LogP contribution in [0.1, 0.15) is 19.3 Å². The van der Waals surface area contributed by atoms with Gasteiger partial charge in [-0.2, -0.15) is 0 Å². The van der Waals surface area contributed by atoms with Gasteiger partial charge in [-0.25, -0.2) is 0 Å². The van der Waals surface area contributed by atoms with E-state index in [9.17, 15) is 0 Å². The quantitative estimate of drug-likeness (QED) is 0.641. The second kappa shape index (κ2) is 4.61. The highest BCUT2D eigenvalue weighted by molar-refractivity contribution is 5.00. The molecule has 0 radical (unpaired) electrons. The van der Waals surface area contributed by atoms with Gasteiger partial charge in [0.05, 0.1) is 32.0 Å². The lowest BCUT2D eigenvalue weighted by molar-refractivity contribution is -0.136. The molecular weight excluding hydrogens is 204 g/mol. The first-order valence-electron chi connectivity index (χ1n) is 6.54. The fourth-order valence-corrected chi connectivity index (χ4v) is 3.32. The number of nitrogens with zero attached hydrogens (tertiary/aromatic N) is 1. The Morgan fingerprint density at radius 1 is 1.19 bits per heavy atom. The van der Waals surface area contributed by atoms with Crippen molar-refractivity contribution in [2.75, 3.05) is 46.1 Å². The highest BCUT2D eigenvalue weighted by Crippen LogP contribution is 2.31. The molecule has 2 atom stereocenters. The van der Waals surface area contributed by atoms with Gasteiger partial charge in [0.2, 0.25) is 0 Å². The van der Waals surface area contributed by atoms with Gasteiger partial charge in [-0.3, -0.25) is 4.90 Å². The summed E-state index contributed by atoms with van der Waals surface area (Å²) in [6.07, 6.45) is 3.98.